The lowest BCUT2D eigenvalue weighted by molar-refractivity contribution is 0.0724. The largest absolute Gasteiger partial charge is 0.452 e. The number of amides is 1. The van der Waals surface area contributed by atoms with Crippen LogP contribution in [-0.2, 0) is 23.1 Å². The van der Waals surface area contributed by atoms with Crippen LogP contribution in [0.15, 0.2) is 58.1 Å². The number of aromatic nitrogens is 2. The Hall–Kier alpha value is -2.59. The van der Waals surface area contributed by atoms with Crippen molar-refractivity contribution in [1.82, 2.24) is 14.5 Å². The second-order valence-electron chi connectivity index (χ2n) is 6.64. The molecular formula is C19H21BrN4O4S. The summed E-state index contributed by atoms with van der Waals surface area (Å²) in [5, 5.41) is 0. The molecule has 0 aliphatic heterocycles. The van der Waals surface area contributed by atoms with Crippen molar-refractivity contribution in [2.75, 3.05) is 17.5 Å². The summed E-state index contributed by atoms with van der Waals surface area (Å²) in [5.41, 5.74) is 1.50. The van der Waals surface area contributed by atoms with Crippen LogP contribution in [0.3, 0.4) is 0 Å². The van der Waals surface area contributed by atoms with Gasteiger partial charge in [-0.25, -0.2) is 13.4 Å². The minimum absolute atomic E-state index is 0.228. The number of furan rings is 1. The minimum Gasteiger partial charge on any atom is -0.452 e. The molecule has 1 aromatic carbocycles. The van der Waals surface area contributed by atoms with E-state index in [9.17, 15) is 13.2 Å². The molecule has 8 nitrogen and oxygen atoms in total. The van der Waals surface area contributed by atoms with Crippen molar-refractivity contribution >= 4 is 37.5 Å². The molecule has 0 bridgehead atoms. The van der Waals surface area contributed by atoms with Crippen molar-refractivity contribution in [3.8, 4) is 0 Å². The number of hydrogen-bond donors (Lipinski definition) is 1. The average molecular weight is 481 g/mol. The number of hydrogen-bond acceptors (Lipinski definition) is 5. The molecule has 154 valence electrons. The van der Waals surface area contributed by atoms with Crippen LogP contribution < -0.4 is 4.72 Å². The van der Waals surface area contributed by atoms with Gasteiger partial charge in [-0.15, -0.1) is 0 Å². The fraction of sp³-hybridized carbons (Fsp3) is 0.263. The van der Waals surface area contributed by atoms with E-state index < -0.39 is 10.0 Å². The number of rotatable bonds is 8. The van der Waals surface area contributed by atoms with E-state index in [0.717, 1.165) is 11.8 Å². The molecule has 29 heavy (non-hydrogen) atoms. The fourth-order valence-electron chi connectivity index (χ4n) is 2.78. The standard InChI is InChI=1S/C19H21BrN4O4S/c1-14-3-4-15(11-17(14)22-29(2,26)27)19(25)24(10-9-23-8-7-21-13-23)12-16-5-6-18(20)28-16/h3-8,11,13,22H,9-10,12H2,1-2H3. The van der Waals surface area contributed by atoms with E-state index >= 15 is 0 Å². The molecule has 3 rings (SSSR count). The molecule has 2 heterocycles. The highest BCUT2D eigenvalue weighted by Crippen LogP contribution is 2.21. The highest BCUT2D eigenvalue weighted by molar-refractivity contribution is 9.10. The van der Waals surface area contributed by atoms with Crippen LogP contribution in [0.2, 0.25) is 0 Å². The molecule has 1 N–H and O–H groups in total. The van der Waals surface area contributed by atoms with Crippen LogP contribution in [0.25, 0.3) is 0 Å². The first-order valence-electron chi connectivity index (χ1n) is 8.79. The number of carbonyl (C=O) groups excluding carboxylic acids is 1. The van der Waals surface area contributed by atoms with Crippen molar-refractivity contribution in [2.24, 2.45) is 0 Å². The first kappa shape index (κ1) is 21.1. The van der Waals surface area contributed by atoms with Gasteiger partial charge < -0.3 is 13.9 Å². The van der Waals surface area contributed by atoms with Gasteiger partial charge >= 0.3 is 0 Å². The number of anilines is 1. The maximum atomic E-state index is 13.2. The summed E-state index contributed by atoms with van der Waals surface area (Å²) in [7, 11) is -3.45. The molecule has 0 saturated carbocycles. The van der Waals surface area contributed by atoms with Gasteiger partial charge in [0.15, 0.2) is 4.67 Å². The molecule has 0 fully saturated rings. The van der Waals surface area contributed by atoms with E-state index in [4.69, 9.17) is 4.42 Å². The Balaban J connectivity index is 1.85. The Kier molecular flexibility index (Phi) is 6.43. The lowest BCUT2D eigenvalue weighted by Crippen LogP contribution is -2.33. The smallest absolute Gasteiger partial charge is 0.254 e. The summed E-state index contributed by atoms with van der Waals surface area (Å²) in [6, 6.07) is 8.54. The number of sulfonamides is 1. The van der Waals surface area contributed by atoms with Crippen molar-refractivity contribution in [3.05, 3.63) is 70.6 Å². The molecule has 0 unspecified atom stereocenters. The number of nitrogens with one attached hydrogen (secondary N) is 1. The zero-order valence-corrected chi connectivity index (χ0v) is 18.4. The Bertz CT molecular complexity index is 1090. The summed E-state index contributed by atoms with van der Waals surface area (Å²) in [6.45, 7) is 3.05. The normalized spacial score (nSPS) is 11.4. The van der Waals surface area contributed by atoms with Crippen LogP contribution in [-0.4, -0.2) is 41.6 Å². The predicted octanol–water partition coefficient (Wildman–Crippen LogP) is 3.26. The molecule has 0 aliphatic rings. The molecule has 10 heteroatoms. The third kappa shape index (κ3) is 5.94. The Morgan fingerprint density at radius 1 is 1.31 bits per heavy atom. The van der Waals surface area contributed by atoms with Crippen LogP contribution in [0.1, 0.15) is 21.7 Å². The number of aryl methyl sites for hydroxylation is 1. The van der Waals surface area contributed by atoms with E-state index in [1.807, 2.05) is 10.8 Å². The van der Waals surface area contributed by atoms with Gasteiger partial charge in [-0.1, -0.05) is 6.07 Å². The first-order chi connectivity index (χ1) is 13.7. The number of halogens is 1. The van der Waals surface area contributed by atoms with E-state index in [0.29, 0.717) is 34.8 Å². The number of benzene rings is 1. The zero-order valence-electron chi connectivity index (χ0n) is 16.0. The SMILES string of the molecule is Cc1ccc(C(=O)N(CCn2ccnc2)Cc2ccc(Br)o2)cc1NS(C)(=O)=O. The number of carbonyl (C=O) groups is 1. The van der Waals surface area contributed by atoms with Crippen LogP contribution in [0.4, 0.5) is 5.69 Å². The summed E-state index contributed by atoms with van der Waals surface area (Å²) < 4.78 is 33.7. The topological polar surface area (TPSA) is 97.4 Å². The molecule has 2 aromatic heterocycles. The summed E-state index contributed by atoms with van der Waals surface area (Å²) >= 11 is 3.27. The summed E-state index contributed by atoms with van der Waals surface area (Å²) in [6.07, 6.45) is 6.27. The van der Waals surface area contributed by atoms with Gasteiger partial charge in [0.25, 0.3) is 5.91 Å². The Labute approximate surface area is 177 Å². The monoisotopic (exact) mass is 480 g/mol. The van der Waals surface area contributed by atoms with Gasteiger partial charge in [0, 0.05) is 31.0 Å². The quantitative estimate of drug-likeness (QED) is 0.533. The molecule has 0 aliphatic carbocycles. The van der Waals surface area contributed by atoms with Gasteiger partial charge in [0.1, 0.15) is 5.76 Å². The van der Waals surface area contributed by atoms with Gasteiger partial charge in [0.05, 0.1) is 24.8 Å². The molecule has 0 radical (unpaired) electrons. The van der Waals surface area contributed by atoms with Crippen molar-refractivity contribution in [3.63, 3.8) is 0 Å². The lowest BCUT2D eigenvalue weighted by Gasteiger charge is -2.22. The number of nitrogens with zero attached hydrogens (tertiary/aromatic N) is 3. The van der Waals surface area contributed by atoms with Gasteiger partial charge in [-0.3, -0.25) is 9.52 Å². The maximum Gasteiger partial charge on any atom is 0.254 e. The van der Waals surface area contributed by atoms with E-state index in [2.05, 4.69) is 25.6 Å². The highest BCUT2D eigenvalue weighted by atomic mass is 79.9. The molecule has 3 aromatic rings. The maximum absolute atomic E-state index is 13.2. The lowest BCUT2D eigenvalue weighted by atomic mass is 10.1. The van der Waals surface area contributed by atoms with E-state index in [1.54, 1.807) is 54.7 Å². The average Bonchev–Trinajstić information content (AvgIpc) is 3.30. The van der Waals surface area contributed by atoms with Gasteiger partial charge in [-0.2, -0.15) is 0 Å². The Morgan fingerprint density at radius 2 is 2.10 bits per heavy atom. The van der Waals surface area contributed by atoms with Crippen molar-refractivity contribution < 1.29 is 17.6 Å². The van der Waals surface area contributed by atoms with Crippen molar-refractivity contribution in [2.45, 2.75) is 20.0 Å². The zero-order chi connectivity index (χ0) is 21.0. The first-order valence-corrected chi connectivity index (χ1v) is 11.5. The molecule has 0 spiro atoms. The van der Waals surface area contributed by atoms with Crippen LogP contribution >= 0.6 is 15.9 Å². The van der Waals surface area contributed by atoms with E-state index in [-0.39, 0.29) is 12.5 Å². The van der Waals surface area contributed by atoms with Crippen molar-refractivity contribution in [1.29, 1.82) is 0 Å². The minimum atomic E-state index is -3.45. The van der Waals surface area contributed by atoms with Crippen LogP contribution in [0, 0.1) is 6.92 Å². The van der Waals surface area contributed by atoms with Gasteiger partial charge in [0.2, 0.25) is 10.0 Å². The predicted molar refractivity (Wildman–Crippen MR) is 113 cm³/mol. The second kappa shape index (κ2) is 8.83. The fourth-order valence-corrected chi connectivity index (χ4v) is 3.74. The molecular weight excluding hydrogens is 460 g/mol. The summed E-state index contributed by atoms with van der Waals surface area (Å²) in [5.74, 6) is 0.409. The van der Waals surface area contributed by atoms with Gasteiger partial charge in [-0.05, 0) is 52.7 Å². The third-order valence-electron chi connectivity index (χ3n) is 4.23. The third-order valence-corrected chi connectivity index (χ3v) is 5.25. The van der Waals surface area contributed by atoms with E-state index in [1.165, 1.54) is 0 Å². The highest BCUT2D eigenvalue weighted by Gasteiger charge is 2.19. The Morgan fingerprint density at radius 3 is 2.72 bits per heavy atom. The molecule has 1 amide bonds. The summed E-state index contributed by atoms with van der Waals surface area (Å²) in [4.78, 5) is 18.9. The number of imidazole rings is 1. The molecule has 0 atom stereocenters. The van der Waals surface area contributed by atoms with Crippen LogP contribution in [0.5, 0.6) is 0 Å². The molecule has 0 saturated heterocycles. The second-order valence-corrected chi connectivity index (χ2v) is 9.17.